The molecule has 4 N–H and O–H groups in total. The van der Waals surface area contributed by atoms with E-state index >= 15 is 0 Å². The van der Waals surface area contributed by atoms with E-state index in [1.807, 2.05) is 0 Å². The van der Waals surface area contributed by atoms with Gasteiger partial charge in [-0.05, 0) is 59.7 Å². The molecule has 9 nitrogen and oxygen atoms in total. The minimum Gasteiger partial charge on any atom is -0.492 e. The third-order valence-corrected chi connectivity index (χ3v) is 5.78. The van der Waals surface area contributed by atoms with Gasteiger partial charge in [0.05, 0.1) is 11.9 Å². The number of hydrogen-bond acceptors (Lipinski definition) is 6. The molecule has 0 aliphatic rings. The van der Waals surface area contributed by atoms with Crippen molar-refractivity contribution in [3.8, 4) is 28.3 Å². The molecule has 0 radical (unpaired) electrons. The van der Waals surface area contributed by atoms with Crippen molar-refractivity contribution in [1.29, 1.82) is 0 Å². The molecule has 5 aromatic rings. The topological polar surface area (TPSA) is 137 Å². The Bertz CT molecular complexity index is 1720. The number of aromatic nitrogens is 2. The van der Waals surface area contributed by atoms with Crippen LogP contribution in [0.1, 0.15) is 20.7 Å². The number of rotatable bonds is 5. The van der Waals surface area contributed by atoms with E-state index in [0.717, 1.165) is 6.33 Å². The van der Waals surface area contributed by atoms with Gasteiger partial charge < -0.3 is 25.1 Å². The lowest BCUT2D eigenvalue weighted by Gasteiger charge is -2.08. The van der Waals surface area contributed by atoms with Gasteiger partial charge in [0.25, 0.3) is 17.4 Å². The van der Waals surface area contributed by atoms with Crippen molar-refractivity contribution < 1.29 is 23.5 Å². The van der Waals surface area contributed by atoms with Crippen LogP contribution in [0.25, 0.3) is 33.4 Å². The van der Waals surface area contributed by atoms with Crippen LogP contribution in [-0.4, -0.2) is 33.9 Å². The molecule has 0 aliphatic heterocycles. The second-order valence-corrected chi connectivity index (χ2v) is 8.07. The van der Waals surface area contributed by atoms with Crippen LogP contribution < -0.4 is 16.2 Å². The Morgan fingerprint density at radius 3 is 2.43 bits per heavy atom. The second kappa shape index (κ2) is 9.42. The van der Waals surface area contributed by atoms with Crippen molar-refractivity contribution in [3.05, 3.63) is 100 Å². The fourth-order valence-corrected chi connectivity index (χ4v) is 3.96. The minimum atomic E-state index is -0.693. The number of carbonyl (C=O) groups excluding carboxylic acids is 2. The monoisotopic (exact) mass is 498 g/mol. The number of halogens is 1. The zero-order valence-electron chi connectivity index (χ0n) is 19.3. The third kappa shape index (κ3) is 4.43. The van der Waals surface area contributed by atoms with Crippen LogP contribution in [0.15, 0.2) is 82.3 Å². The lowest BCUT2D eigenvalue weighted by molar-refractivity contribution is 0.0963. The van der Waals surface area contributed by atoms with Gasteiger partial charge in [-0.3, -0.25) is 14.4 Å². The molecule has 0 spiro atoms. The maximum atomic E-state index is 13.5. The van der Waals surface area contributed by atoms with Crippen molar-refractivity contribution in [3.63, 3.8) is 0 Å². The molecular weight excluding hydrogens is 479 g/mol. The summed E-state index contributed by atoms with van der Waals surface area (Å²) in [5.74, 6) is -1.69. The Kier molecular flexibility index (Phi) is 5.98. The number of aromatic hydroxyl groups is 1. The highest BCUT2D eigenvalue weighted by atomic mass is 19.1. The Balaban J connectivity index is 1.55. The first kappa shape index (κ1) is 23.5. The summed E-state index contributed by atoms with van der Waals surface area (Å²) in [5.41, 5.74) is 1.83. The van der Waals surface area contributed by atoms with Gasteiger partial charge in [-0.25, -0.2) is 9.37 Å². The highest BCUT2D eigenvalue weighted by Gasteiger charge is 2.22. The Labute approximate surface area is 208 Å². The standard InChI is InChI=1S/C27H19FN4O5/c1-29-25(34)21-19-12-16(7-10-20(19)37-23(21)14-5-8-18(28)9-6-14)15-3-2-4-17(11-15)24(33)32-22-26(35)30-13-31-27(22)36/h2-13H,1H3,(H,29,34)(H,32,33)(H2,30,31,35,36). The number of furan rings is 1. The largest absolute Gasteiger partial charge is 0.492 e. The van der Waals surface area contributed by atoms with Gasteiger partial charge in [0.15, 0.2) is 5.69 Å². The van der Waals surface area contributed by atoms with Crippen molar-refractivity contribution in [2.45, 2.75) is 0 Å². The molecule has 0 fully saturated rings. The number of anilines is 1. The van der Waals surface area contributed by atoms with E-state index < -0.39 is 23.2 Å². The van der Waals surface area contributed by atoms with Gasteiger partial charge in [0.2, 0.25) is 5.88 Å². The summed E-state index contributed by atoms with van der Waals surface area (Å²) in [7, 11) is 1.51. The second-order valence-electron chi connectivity index (χ2n) is 8.07. The molecule has 5 rings (SSSR count). The third-order valence-electron chi connectivity index (χ3n) is 5.78. The van der Waals surface area contributed by atoms with E-state index in [2.05, 4.69) is 20.6 Å². The average molecular weight is 498 g/mol. The number of aromatic amines is 1. The number of benzene rings is 3. The van der Waals surface area contributed by atoms with E-state index in [-0.39, 0.29) is 17.2 Å². The molecule has 0 bridgehead atoms. The summed E-state index contributed by atoms with van der Waals surface area (Å²) in [5, 5.41) is 15.3. The highest BCUT2D eigenvalue weighted by molar-refractivity contribution is 6.12. The van der Waals surface area contributed by atoms with E-state index in [0.29, 0.717) is 39.0 Å². The van der Waals surface area contributed by atoms with Crippen LogP contribution in [0, 0.1) is 5.82 Å². The number of carbonyl (C=O) groups is 2. The van der Waals surface area contributed by atoms with E-state index in [1.165, 1.54) is 31.3 Å². The summed E-state index contributed by atoms with van der Waals surface area (Å²) in [6.07, 6.45) is 1.02. The molecule has 10 heteroatoms. The first-order chi connectivity index (χ1) is 17.9. The fraction of sp³-hybridized carbons (Fsp3) is 0.0370. The maximum absolute atomic E-state index is 13.5. The van der Waals surface area contributed by atoms with Crippen LogP contribution in [0.5, 0.6) is 5.88 Å². The van der Waals surface area contributed by atoms with Gasteiger partial charge in [-0.1, -0.05) is 18.2 Å². The number of hydrogen-bond donors (Lipinski definition) is 4. The summed E-state index contributed by atoms with van der Waals surface area (Å²) in [4.78, 5) is 43.4. The molecule has 0 aliphatic carbocycles. The molecule has 0 saturated heterocycles. The molecule has 37 heavy (non-hydrogen) atoms. The van der Waals surface area contributed by atoms with E-state index in [4.69, 9.17) is 4.42 Å². The Morgan fingerprint density at radius 2 is 1.70 bits per heavy atom. The molecule has 0 atom stereocenters. The number of amides is 2. The first-order valence-electron chi connectivity index (χ1n) is 11.1. The van der Waals surface area contributed by atoms with Gasteiger partial charge in [-0.2, -0.15) is 0 Å². The zero-order chi connectivity index (χ0) is 26.1. The molecule has 2 heterocycles. The van der Waals surface area contributed by atoms with Gasteiger partial charge >= 0.3 is 0 Å². The predicted octanol–water partition coefficient (Wildman–Crippen LogP) is 4.31. The van der Waals surface area contributed by atoms with Gasteiger partial charge in [-0.15, -0.1) is 0 Å². The Hall–Kier alpha value is -5.25. The van der Waals surface area contributed by atoms with Crippen LogP contribution in [0.4, 0.5) is 10.1 Å². The van der Waals surface area contributed by atoms with Crippen LogP contribution >= 0.6 is 0 Å². The van der Waals surface area contributed by atoms with Crippen molar-refractivity contribution >= 4 is 28.5 Å². The highest BCUT2D eigenvalue weighted by Crippen LogP contribution is 2.36. The lowest BCUT2D eigenvalue weighted by Crippen LogP contribution is -2.20. The summed E-state index contributed by atoms with van der Waals surface area (Å²) >= 11 is 0. The molecular formula is C27H19FN4O5. The zero-order valence-corrected chi connectivity index (χ0v) is 19.3. The molecule has 2 aromatic heterocycles. The maximum Gasteiger partial charge on any atom is 0.278 e. The van der Waals surface area contributed by atoms with E-state index in [1.54, 1.807) is 42.5 Å². The Morgan fingerprint density at radius 1 is 0.973 bits per heavy atom. The average Bonchev–Trinajstić information content (AvgIpc) is 3.29. The smallest absolute Gasteiger partial charge is 0.278 e. The van der Waals surface area contributed by atoms with Crippen molar-refractivity contribution in [2.75, 3.05) is 12.4 Å². The molecule has 2 amide bonds. The predicted molar refractivity (Wildman–Crippen MR) is 135 cm³/mol. The van der Waals surface area contributed by atoms with Crippen LogP contribution in [0.2, 0.25) is 0 Å². The van der Waals surface area contributed by atoms with Crippen LogP contribution in [-0.2, 0) is 0 Å². The number of H-pyrrole nitrogens is 1. The number of nitrogens with one attached hydrogen (secondary N) is 3. The van der Waals surface area contributed by atoms with E-state index in [9.17, 15) is 23.9 Å². The molecule has 0 saturated carbocycles. The van der Waals surface area contributed by atoms with Crippen LogP contribution in [0.3, 0.4) is 0 Å². The molecule has 184 valence electrons. The van der Waals surface area contributed by atoms with Gasteiger partial charge in [0.1, 0.15) is 17.2 Å². The van der Waals surface area contributed by atoms with Crippen molar-refractivity contribution in [2.24, 2.45) is 0 Å². The summed E-state index contributed by atoms with van der Waals surface area (Å²) in [6.45, 7) is 0. The number of nitrogens with zero attached hydrogens (tertiary/aromatic N) is 1. The summed E-state index contributed by atoms with van der Waals surface area (Å²) in [6, 6.07) is 17.5. The summed E-state index contributed by atoms with van der Waals surface area (Å²) < 4.78 is 19.4. The van der Waals surface area contributed by atoms with Crippen molar-refractivity contribution in [1.82, 2.24) is 15.3 Å². The molecule has 3 aromatic carbocycles. The quantitative estimate of drug-likeness (QED) is 0.285. The molecule has 0 unspecified atom stereocenters. The SMILES string of the molecule is CNC(=O)c1c(-c2ccc(F)cc2)oc2ccc(-c3cccc(C(=O)Nc4c(O)nc[nH]c4=O)c3)cc12. The normalized spacial score (nSPS) is 10.9. The lowest BCUT2D eigenvalue weighted by atomic mass is 9.99. The first-order valence-corrected chi connectivity index (χ1v) is 11.1. The fourth-order valence-electron chi connectivity index (χ4n) is 3.96. The van der Waals surface area contributed by atoms with Gasteiger partial charge in [0, 0.05) is 23.6 Å². The minimum absolute atomic E-state index is 0.228. The number of fused-ring (bicyclic) bond motifs is 1.